The Morgan fingerprint density at radius 2 is 1.92 bits per heavy atom. The Balaban J connectivity index is 1.82. The van der Waals surface area contributed by atoms with Crippen LogP contribution in [0.5, 0.6) is 5.75 Å². The normalized spacial score (nSPS) is 11.1. The zero-order chi connectivity index (χ0) is 19.2. The standard InChI is InChI=1S/C16H18N2O6S2/c17-26(22,23)15-8-12(10-25-15)16(21)18-9-11-3-5-13(6-4-11)24-7-1-2-14(19)20/h3-6,8,10H,1-2,7,9H2,(H,18,21)(H,19,20)(H2,17,22,23). The zero-order valence-corrected chi connectivity index (χ0v) is 15.3. The second-order valence-corrected chi connectivity index (χ2v) is 8.07. The first-order valence-electron chi connectivity index (χ1n) is 7.59. The van der Waals surface area contributed by atoms with Crippen LogP contribution in [0, 0.1) is 0 Å². The van der Waals surface area contributed by atoms with Crippen molar-refractivity contribution in [2.75, 3.05) is 6.61 Å². The van der Waals surface area contributed by atoms with Gasteiger partial charge in [-0.05, 0) is 30.2 Å². The van der Waals surface area contributed by atoms with E-state index in [0.29, 0.717) is 18.8 Å². The molecule has 0 atom stereocenters. The number of amides is 1. The Bertz CT molecular complexity index is 874. The monoisotopic (exact) mass is 398 g/mol. The number of carboxylic acids is 1. The average molecular weight is 398 g/mol. The molecule has 0 saturated carbocycles. The maximum Gasteiger partial charge on any atom is 0.303 e. The highest BCUT2D eigenvalue weighted by molar-refractivity contribution is 7.91. The number of ether oxygens (including phenoxy) is 1. The van der Waals surface area contributed by atoms with E-state index in [1.165, 1.54) is 11.4 Å². The van der Waals surface area contributed by atoms with Gasteiger partial charge in [-0.1, -0.05) is 12.1 Å². The Morgan fingerprint density at radius 3 is 2.50 bits per heavy atom. The van der Waals surface area contributed by atoms with Gasteiger partial charge in [-0.3, -0.25) is 9.59 Å². The highest BCUT2D eigenvalue weighted by Gasteiger charge is 2.15. The molecule has 0 fully saturated rings. The number of rotatable bonds is 9. The van der Waals surface area contributed by atoms with Crippen LogP contribution < -0.4 is 15.2 Å². The van der Waals surface area contributed by atoms with E-state index < -0.39 is 21.9 Å². The van der Waals surface area contributed by atoms with Crippen molar-refractivity contribution in [3.63, 3.8) is 0 Å². The molecule has 1 heterocycles. The lowest BCUT2D eigenvalue weighted by Crippen LogP contribution is -2.22. The van der Waals surface area contributed by atoms with Gasteiger partial charge in [-0.15, -0.1) is 11.3 Å². The lowest BCUT2D eigenvalue weighted by molar-refractivity contribution is -0.137. The number of hydrogen-bond acceptors (Lipinski definition) is 6. The van der Waals surface area contributed by atoms with Crippen LogP contribution in [0.3, 0.4) is 0 Å². The molecule has 0 unspecified atom stereocenters. The minimum atomic E-state index is -3.81. The maximum atomic E-state index is 12.0. The van der Waals surface area contributed by atoms with E-state index in [-0.39, 0.29) is 22.7 Å². The second kappa shape index (κ2) is 8.79. The zero-order valence-electron chi connectivity index (χ0n) is 13.7. The number of benzene rings is 1. The van der Waals surface area contributed by atoms with Crippen molar-refractivity contribution in [2.45, 2.75) is 23.6 Å². The molecule has 0 aliphatic heterocycles. The number of aliphatic carboxylic acids is 1. The number of primary sulfonamides is 1. The third-order valence-corrected chi connectivity index (χ3v) is 5.68. The molecule has 1 aromatic heterocycles. The fraction of sp³-hybridized carbons (Fsp3) is 0.250. The van der Waals surface area contributed by atoms with E-state index in [9.17, 15) is 18.0 Å². The third-order valence-electron chi connectivity index (χ3n) is 3.30. The first kappa shape index (κ1) is 19.9. The number of nitrogens with one attached hydrogen (secondary N) is 1. The van der Waals surface area contributed by atoms with Gasteiger partial charge in [0.25, 0.3) is 5.91 Å². The molecule has 0 bridgehead atoms. The van der Waals surface area contributed by atoms with Crippen LogP contribution in [0.2, 0.25) is 0 Å². The minimum Gasteiger partial charge on any atom is -0.494 e. The number of carbonyl (C=O) groups is 2. The van der Waals surface area contributed by atoms with E-state index in [0.717, 1.165) is 16.9 Å². The molecule has 1 aromatic carbocycles. The Morgan fingerprint density at radius 1 is 1.23 bits per heavy atom. The first-order valence-corrected chi connectivity index (χ1v) is 10.0. The summed E-state index contributed by atoms with van der Waals surface area (Å²) in [5, 5.41) is 17.7. The highest BCUT2D eigenvalue weighted by atomic mass is 32.2. The molecule has 10 heteroatoms. The molecule has 0 saturated heterocycles. The lowest BCUT2D eigenvalue weighted by Gasteiger charge is -2.07. The number of hydrogen-bond donors (Lipinski definition) is 3. The van der Waals surface area contributed by atoms with Gasteiger partial charge >= 0.3 is 5.97 Å². The van der Waals surface area contributed by atoms with Crippen molar-refractivity contribution in [3.05, 3.63) is 46.8 Å². The highest BCUT2D eigenvalue weighted by Crippen LogP contribution is 2.19. The van der Waals surface area contributed by atoms with Crippen molar-refractivity contribution < 1.29 is 27.9 Å². The molecule has 0 spiro atoms. The van der Waals surface area contributed by atoms with Crippen LogP contribution in [0.25, 0.3) is 0 Å². The predicted molar refractivity (Wildman–Crippen MR) is 95.7 cm³/mol. The number of carboxylic acid groups (broad SMARTS) is 1. The molecule has 0 aliphatic carbocycles. The molecule has 2 rings (SSSR count). The van der Waals surface area contributed by atoms with Gasteiger partial charge in [-0.2, -0.15) is 0 Å². The summed E-state index contributed by atoms with van der Waals surface area (Å²) in [5.74, 6) is -0.646. The lowest BCUT2D eigenvalue weighted by atomic mass is 10.2. The molecular formula is C16H18N2O6S2. The van der Waals surface area contributed by atoms with Crippen LogP contribution in [0.4, 0.5) is 0 Å². The minimum absolute atomic E-state index is 0.0554. The van der Waals surface area contributed by atoms with E-state index in [2.05, 4.69) is 5.32 Å². The average Bonchev–Trinajstić information content (AvgIpc) is 3.08. The van der Waals surface area contributed by atoms with E-state index in [1.54, 1.807) is 24.3 Å². The summed E-state index contributed by atoms with van der Waals surface area (Å²) < 4.78 is 27.8. The molecule has 2 aromatic rings. The van der Waals surface area contributed by atoms with Gasteiger partial charge in [0.1, 0.15) is 9.96 Å². The summed E-state index contributed by atoms with van der Waals surface area (Å²) in [6.45, 7) is 0.575. The van der Waals surface area contributed by atoms with E-state index >= 15 is 0 Å². The molecule has 0 aliphatic rings. The predicted octanol–water partition coefficient (Wildman–Crippen LogP) is 1.57. The molecule has 4 N–H and O–H groups in total. The summed E-state index contributed by atoms with van der Waals surface area (Å²) in [4.78, 5) is 22.5. The number of sulfonamides is 1. The Kier molecular flexibility index (Phi) is 6.72. The Labute approximate surface area is 154 Å². The van der Waals surface area contributed by atoms with Crippen molar-refractivity contribution in [1.82, 2.24) is 5.32 Å². The topological polar surface area (TPSA) is 136 Å². The number of nitrogens with two attached hydrogens (primary N) is 1. The molecule has 1 amide bonds. The second-order valence-electron chi connectivity index (χ2n) is 5.37. The first-order chi connectivity index (χ1) is 12.3. The largest absolute Gasteiger partial charge is 0.494 e. The molecule has 26 heavy (non-hydrogen) atoms. The number of carbonyl (C=O) groups excluding carboxylic acids is 1. The summed E-state index contributed by atoms with van der Waals surface area (Å²) in [6, 6.07) is 8.24. The maximum absolute atomic E-state index is 12.0. The van der Waals surface area contributed by atoms with Gasteiger partial charge in [0.05, 0.1) is 12.2 Å². The fourth-order valence-electron chi connectivity index (χ4n) is 1.99. The van der Waals surface area contributed by atoms with Crippen molar-refractivity contribution in [1.29, 1.82) is 0 Å². The van der Waals surface area contributed by atoms with Crippen molar-refractivity contribution in [2.24, 2.45) is 5.14 Å². The van der Waals surface area contributed by atoms with E-state index in [1.807, 2.05) is 0 Å². The van der Waals surface area contributed by atoms with Crippen molar-refractivity contribution in [3.8, 4) is 5.75 Å². The van der Waals surface area contributed by atoms with Crippen molar-refractivity contribution >= 4 is 33.2 Å². The molecular weight excluding hydrogens is 380 g/mol. The molecule has 140 valence electrons. The fourth-order valence-corrected chi connectivity index (χ4v) is 3.57. The Hall–Kier alpha value is -2.43. The van der Waals surface area contributed by atoms with Gasteiger partial charge in [-0.25, -0.2) is 13.6 Å². The van der Waals surface area contributed by atoms with Crippen LogP contribution in [0.15, 0.2) is 39.9 Å². The van der Waals surface area contributed by atoms with Crippen LogP contribution in [-0.2, 0) is 21.4 Å². The summed E-state index contributed by atoms with van der Waals surface area (Å²) in [6.07, 6.45) is 0.480. The van der Waals surface area contributed by atoms with Crippen LogP contribution in [0.1, 0.15) is 28.8 Å². The van der Waals surface area contributed by atoms with Gasteiger partial charge < -0.3 is 15.2 Å². The van der Waals surface area contributed by atoms with Gasteiger partial charge in [0.15, 0.2) is 0 Å². The molecule has 8 nitrogen and oxygen atoms in total. The van der Waals surface area contributed by atoms with E-state index in [4.69, 9.17) is 15.0 Å². The van der Waals surface area contributed by atoms with Crippen LogP contribution >= 0.6 is 11.3 Å². The van der Waals surface area contributed by atoms with Crippen LogP contribution in [-0.4, -0.2) is 32.0 Å². The van der Waals surface area contributed by atoms with Gasteiger partial charge in [0, 0.05) is 18.3 Å². The quantitative estimate of drug-likeness (QED) is 0.549. The SMILES string of the molecule is NS(=O)(=O)c1cc(C(=O)NCc2ccc(OCCCC(=O)O)cc2)cs1. The van der Waals surface area contributed by atoms with Gasteiger partial charge in [0.2, 0.25) is 10.0 Å². The molecule has 0 radical (unpaired) electrons. The summed E-state index contributed by atoms with van der Waals surface area (Å²) in [7, 11) is -3.81. The summed E-state index contributed by atoms with van der Waals surface area (Å²) in [5.41, 5.74) is 1.07. The smallest absolute Gasteiger partial charge is 0.303 e. The summed E-state index contributed by atoms with van der Waals surface area (Å²) >= 11 is 0.893. The third kappa shape index (κ3) is 6.14. The number of thiophene rings is 1.